The van der Waals surface area contributed by atoms with Gasteiger partial charge in [-0.05, 0) is 18.2 Å². The molecule has 1 fully saturated rings. The minimum Gasteiger partial charge on any atom is -0.379 e. The van der Waals surface area contributed by atoms with E-state index in [-0.39, 0.29) is 29.6 Å². The first-order chi connectivity index (χ1) is 13.1. The highest BCUT2D eigenvalue weighted by Crippen LogP contribution is 2.25. The van der Waals surface area contributed by atoms with Gasteiger partial charge >= 0.3 is 0 Å². The second kappa shape index (κ2) is 7.00. The van der Waals surface area contributed by atoms with Crippen LogP contribution in [0.5, 0.6) is 0 Å². The minimum atomic E-state index is -0.262. The topological polar surface area (TPSA) is 89.4 Å². The first-order valence-electron chi connectivity index (χ1n) is 9.02. The van der Waals surface area contributed by atoms with Crippen LogP contribution in [0, 0.1) is 5.92 Å². The Hall–Kier alpha value is -2.93. The van der Waals surface area contributed by atoms with E-state index in [4.69, 9.17) is 4.74 Å². The average Bonchev–Trinajstić information content (AvgIpc) is 3.26. The number of nitrogens with zero attached hydrogens (tertiary/aromatic N) is 1. The van der Waals surface area contributed by atoms with Gasteiger partial charge in [0, 0.05) is 41.9 Å². The molecule has 2 aliphatic rings. The van der Waals surface area contributed by atoms with Crippen LogP contribution in [-0.2, 0) is 16.1 Å². The van der Waals surface area contributed by atoms with Crippen molar-refractivity contribution >= 4 is 28.5 Å². The van der Waals surface area contributed by atoms with Crippen molar-refractivity contribution in [3.8, 4) is 0 Å². The Morgan fingerprint density at radius 2 is 2.19 bits per heavy atom. The van der Waals surface area contributed by atoms with E-state index in [0.29, 0.717) is 44.0 Å². The first-order valence-corrected chi connectivity index (χ1v) is 9.02. The van der Waals surface area contributed by atoms with E-state index in [0.717, 1.165) is 10.9 Å². The molecule has 1 aromatic carbocycles. The van der Waals surface area contributed by atoms with Crippen LogP contribution >= 0.6 is 0 Å². The van der Waals surface area contributed by atoms with Gasteiger partial charge in [-0.15, -0.1) is 0 Å². The Morgan fingerprint density at radius 3 is 3.00 bits per heavy atom. The number of ether oxygens (including phenoxy) is 1. The maximum atomic E-state index is 12.8. The van der Waals surface area contributed by atoms with Crippen molar-refractivity contribution in [1.29, 1.82) is 0 Å². The SMILES string of the molecule is C=CC(=O)NC1COCC1CC(=O)c1ccc2cc3n(c2c1)CCNC3=O. The molecule has 0 radical (unpaired) electrons. The third-order valence-corrected chi connectivity index (χ3v) is 5.24. The van der Waals surface area contributed by atoms with Gasteiger partial charge < -0.3 is 19.9 Å². The molecular formula is C20H21N3O4. The van der Waals surface area contributed by atoms with Gasteiger partial charge in [0.15, 0.2) is 5.78 Å². The highest BCUT2D eigenvalue weighted by Gasteiger charge is 2.31. The number of ketones is 1. The van der Waals surface area contributed by atoms with Gasteiger partial charge in [0.25, 0.3) is 5.91 Å². The molecule has 2 aliphatic heterocycles. The van der Waals surface area contributed by atoms with Crippen LogP contribution in [0.2, 0.25) is 0 Å². The molecular weight excluding hydrogens is 346 g/mol. The molecule has 1 saturated heterocycles. The quantitative estimate of drug-likeness (QED) is 0.615. The molecule has 0 aliphatic carbocycles. The molecule has 2 aromatic rings. The highest BCUT2D eigenvalue weighted by atomic mass is 16.5. The number of benzene rings is 1. The number of carbonyl (C=O) groups is 3. The zero-order valence-corrected chi connectivity index (χ0v) is 14.9. The molecule has 140 valence electrons. The maximum absolute atomic E-state index is 12.8. The lowest BCUT2D eigenvalue weighted by Crippen LogP contribution is -2.39. The van der Waals surface area contributed by atoms with Crippen LogP contribution in [-0.4, -0.2) is 48.0 Å². The summed E-state index contributed by atoms with van der Waals surface area (Å²) >= 11 is 0. The maximum Gasteiger partial charge on any atom is 0.268 e. The van der Waals surface area contributed by atoms with Crippen molar-refractivity contribution < 1.29 is 19.1 Å². The number of amides is 2. The zero-order chi connectivity index (χ0) is 19.0. The zero-order valence-electron chi connectivity index (χ0n) is 14.9. The van der Waals surface area contributed by atoms with Crippen LogP contribution in [0.3, 0.4) is 0 Å². The van der Waals surface area contributed by atoms with Crippen molar-refractivity contribution in [3.63, 3.8) is 0 Å². The third-order valence-electron chi connectivity index (χ3n) is 5.24. The average molecular weight is 367 g/mol. The van der Waals surface area contributed by atoms with E-state index in [2.05, 4.69) is 17.2 Å². The molecule has 7 heteroatoms. The fraction of sp³-hybridized carbons (Fsp3) is 0.350. The lowest BCUT2D eigenvalue weighted by Gasteiger charge is -2.18. The van der Waals surface area contributed by atoms with E-state index < -0.39 is 0 Å². The van der Waals surface area contributed by atoms with Gasteiger partial charge in [-0.25, -0.2) is 0 Å². The molecule has 7 nitrogen and oxygen atoms in total. The summed E-state index contributed by atoms with van der Waals surface area (Å²) in [6, 6.07) is 7.19. The number of hydrogen-bond acceptors (Lipinski definition) is 4. The van der Waals surface area contributed by atoms with Gasteiger partial charge in [-0.2, -0.15) is 0 Å². The minimum absolute atomic E-state index is 0.000984. The molecule has 0 bridgehead atoms. The van der Waals surface area contributed by atoms with Crippen molar-refractivity contribution in [2.45, 2.75) is 19.0 Å². The van der Waals surface area contributed by atoms with Crippen LogP contribution in [0.4, 0.5) is 0 Å². The van der Waals surface area contributed by atoms with Crippen molar-refractivity contribution in [1.82, 2.24) is 15.2 Å². The smallest absolute Gasteiger partial charge is 0.268 e. The molecule has 0 spiro atoms. The fourth-order valence-electron chi connectivity index (χ4n) is 3.79. The largest absolute Gasteiger partial charge is 0.379 e. The number of Topliss-reactive ketones (excluding diaryl/α,β-unsaturated/α-hetero) is 1. The van der Waals surface area contributed by atoms with E-state index in [1.807, 2.05) is 22.8 Å². The fourth-order valence-corrected chi connectivity index (χ4v) is 3.79. The molecule has 4 rings (SSSR count). The van der Waals surface area contributed by atoms with Gasteiger partial charge in [0.2, 0.25) is 5.91 Å². The van der Waals surface area contributed by atoms with Gasteiger partial charge in [-0.3, -0.25) is 14.4 Å². The molecule has 1 aromatic heterocycles. The summed E-state index contributed by atoms with van der Waals surface area (Å²) in [7, 11) is 0. The summed E-state index contributed by atoms with van der Waals surface area (Å²) < 4.78 is 7.40. The summed E-state index contributed by atoms with van der Waals surface area (Å²) in [5.74, 6) is -0.415. The number of rotatable bonds is 5. The second-order valence-corrected chi connectivity index (χ2v) is 6.95. The molecule has 2 amide bonds. The summed E-state index contributed by atoms with van der Waals surface area (Å²) in [4.78, 5) is 36.4. The van der Waals surface area contributed by atoms with Gasteiger partial charge in [0.1, 0.15) is 5.69 Å². The Labute approximate surface area is 156 Å². The third kappa shape index (κ3) is 3.26. The Balaban J connectivity index is 1.55. The Kier molecular flexibility index (Phi) is 4.53. The predicted molar refractivity (Wildman–Crippen MR) is 99.7 cm³/mol. The Bertz CT molecular complexity index is 946. The molecule has 27 heavy (non-hydrogen) atoms. The summed E-state index contributed by atoms with van der Waals surface area (Å²) in [5.41, 5.74) is 2.12. The summed E-state index contributed by atoms with van der Waals surface area (Å²) in [6.07, 6.45) is 1.51. The van der Waals surface area contributed by atoms with E-state index in [1.54, 1.807) is 6.07 Å². The lowest BCUT2D eigenvalue weighted by molar-refractivity contribution is -0.117. The summed E-state index contributed by atoms with van der Waals surface area (Å²) in [6.45, 7) is 5.56. The Morgan fingerprint density at radius 1 is 1.33 bits per heavy atom. The molecule has 2 atom stereocenters. The van der Waals surface area contributed by atoms with Crippen LogP contribution in [0.1, 0.15) is 27.3 Å². The predicted octanol–water partition coefficient (Wildman–Crippen LogP) is 1.27. The van der Waals surface area contributed by atoms with Crippen LogP contribution in [0.25, 0.3) is 10.9 Å². The standard InChI is InChI=1S/C20H21N3O4/c1-2-19(25)22-15-11-27-10-14(15)9-18(24)13-4-3-12-7-17-20(26)21-5-6-23(17)16(12)8-13/h2-4,7-8,14-15H,1,5-6,9-11H2,(H,21,26)(H,22,25). The first kappa shape index (κ1) is 17.5. The van der Waals surface area contributed by atoms with E-state index >= 15 is 0 Å². The summed E-state index contributed by atoms with van der Waals surface area (Å²) in [5, 5.41) is 6.60. The van der Waals surface area contributed by atoms with Crippen molar-refractivity contribution in [3.05, 3.63) is 48.2 Å². The number of fused-ring (bicyclic) bond motifs is 3. The van der Waals surface area contributed by atoms with E-state index in [1.165, 1.54) is 6.08 Å². The number of carbonyl (C=O) groups excluding carboxylic acids is 3. The molecule has 3 heterocycles. The number of aromatic nitrogens is 1. The monoisotopic (exact) mass is 367 g/mol. The van der Waals surface area contributed by atoms with Crippen molar-refractivity contribution in [2.75, 3.05) is 19.8 Å². The van der Waals surface area contributed by atoms with Gasteiger partial charge in [-0.1, -0.05) is 18.7 Å². The molecule has 2 N–H and O–H groups in total. The van der Waals surface area contributed by atoms with Gasteiger partial charge in [0.05, 0.1) is 19.3 Å². The van der Waals surface area contributed by atoms with Crippen LogP contribution in [0.15, 0.2) is 36.9 Å². The van der Waals surface area contributed by atoms with Crippen LogP contribution < -0.4 is 10.6 Å². The lowest BCUT2D eigenvalue weighted by atomic mass is 9.94. The second-order valence-electron chi connectivity index (χ2n) is 6.95. The van der Waals surface area contributed by atoms with Crippen molar-refractivity contribution in [2.24, 2.45) is 5.92 Å². The highest BCUT2D eigenvalue weighted by molar-refractivity contribution is 6.03. The van der Waals surface area contributed by atoms with E-state index in [9.17, 15) is 14.4 Å². The molecule has 2 unspecified atom stereocenters. The molecule has 0 saturated carbocycles. The number of nitrogens with one attached hydrogen (secondary N) is 2. The number of hydrogen-bond donors (Lipinski definition) is 2. The normalized spacial score (nSPS) is 21.6.